The van der Waals surface area contributed by atoms with E-state index in [1.54, 1.807) is 29.2 Å². The monoisotopic (exact) mass is 384 g/mol. The second-order valence-electron chi connectivity index (χ2n) is 6.86. The molecule has 1 heterocycles. The van der Waals surface area contributed by atoms with E-state index in [2.05, 4.69) is 10.6 Å². The summed E-state index contributed by atoms with van der Waals surface area (Å²) in [6.07, 6.45) is -2.05. The van der Waals surface area contributed by atoms with Gasteiger partial charge in [-0.05, 0) is 31.0 Å². The fourth-order valence-corrected chi connectivity index (χ4v) is 3.58. The van der Waals surface area contributed by atoms with Gasteiger partial charge in [0.15, 0.2) is 0 Å². The Bertz CT molecular complexity index is 689. The van der Waals surface area contributed by atoms with Crippen molar-refractivity contribution in [3.05, 3.63) is 24.3 Å². The van der Waals surface area contributed by atoms with Gasteiger partial charge in [-0.15, -0.1) is 0 Å². The normalized spacial score (nSPS) is 17.9. The molecule has 1 aromatic carbocycles. The molecule has 148 valence electrons. The molecule has 1 aromatic rings. The predicted octanol–water partition coefficient (Wildman–Crippen LogP) is 3.95. The van der Waals surface area contributed by atoms with E-state index in [4.69, 9.17) is 0 Å². The number of anilines is 2. The van der Waals surface area contributed by atoms with Gasteiger partial charge in [-0.1, -0.05) is 18.9 Å². The Hall–Kier alpha value is -2.45. The number of urea groups is 2. The van der Waals surface area contributed by atoms with Gasteiger partial charge in [-0.2, -0.15) is 13.2 Å². The van der Waals surface area contributed by atoms with Crippen molar-refractivity contribution in [3.8, 4) is 0 Å². The van der Waals surface area contributed by atoms with E-state index in [9.17, 15) is 22.8 Å². The van der Waals surface area contributed by atoms with E-state index in [-0.39, 0.29) is 18.6 Å². The van der Waals surface area contributed by atoms with Crippen LogP contribution in [0.3, 0.4) is 0 Å². The molecule has 0 bridgehead atoms. The molecule has 0 atom stereocenters. The molecule has 0 aromatic heterocycles. The second-order valence-corrected chi connectivity index (χ2v) is 6.86. The molecule has 27 heavy (non-hydrogen) atoms. The average molecular weight is 384 g/mol. The Kier molecular flexibility index (Phi) is 5.76. The molecule has 0 unspecified atom stereocenters. The second kappa shape index (κ2) is 8.06. The maximum atomic E-state index is 12.7. The number of alkyl halides is 3. The Balaban J connectivity index is 1.70. The van der Waals surface area contributed by atoms with Gasteiger partial charge in [0.1, 0.15) is 0 Å². The zero-order chi connectivity index (χ0) is 19.4. The number of halogens is 3. The van der Waals surface area contributed by atoms with E-state index in [0.717, 1.165) is 25.7 Å². The van der Waals surface area contributed by atoms with Gasteiger partial charge >= 0.3 is 18.2 Å². The number of carbonyl (C=O) groups excluding carboxylic acids is 2. The first kappa shape index (κ1) is 19.3. The van der Waals surface area contributed by atoms with Crippen LogP contribution in [0.5, 0.6) is 0 Å². The first-order chi connectivity index (χ1) is 12.8. The van der Waals surface area contributed by atoms with Crippen LogP contribution < -0.4 is 15.5 Å². The van der Waals surface area contributed by atoms with Crippen LogP contribution in [0.15, 0.2) is 24.3 Å². The number of amides is 4. The number of nitrogens with zero attached hydrogens (tertiary/aromatic N) is 2. The summed E-state index contributed by atoms with van der Waals surface area (Å²) >= 11 is 0. The fourth-order valence-electron chi connectivity index (χ4n) is 3.58. The van der Waals surface area contributed by atoms with Crippen molar-refractivity contribution in [2.45, 2.75) is 44.3 Å². The lowest BCUT2D eigenvalue weighted by Gasteiger charge is -2.29. The van der Waals surface area contributed by atoms with E-state index in [0.29, 0.717) is 24.5 Å². The minimum Gasteiger partial charge on any atom is -0.336 e. The van der Waals surface area contributed by atoms with Crippen molar-refractivity contribution >= 4 is 23.4 Å². The van der Waals surface area contributed by atoms with Crippen molar-refractivity contribution < 1.29 is 22.8 Å². The first-order valence-electron chi connectivity index (χ1n) is 9.13. The summed E-state index contributed by atoms with van der Waals surface area (Å²) in [5, 5.41) is 5.39. The molecule has 2 N–H and O–H groups in total. The summed E-state index contributed by atoms with van der Waals surface area (Å²) in [5.74, 6) is 0. The molecule has 1 saturated carbocycles. The number of rotatable bonds is 5. The zero-order valence-corrected chi connectivity index (χ0v) is 14.9. The maximum absolute atomic E-state index is 12.7. The third kappa shape index (κ3) is 5.05. The van der Waals surface area contributed by atoms with Crippen molar-refractivity contribution in [1.82, 2.24) is 10.2 Å². The summed E-state index contributed by atoms with van der Waals surface area (Å²) < 4.78 is 38.0. The Morgan fingerprint density at radius 3 is 2.67 bits per heavy atom. The summed E-state index contributed by atoms with van der Waals surface area (Å²) in [6, 6.07) is 5.85. The molecule has 3 rings (SSSR count). The smallest absolute Gasteiger partial charge is 0.336 e. The van der Waals surface area contributed by atoms with Gasteiger partial charge in [0, 0.05) is 37.1 Å². The van der Waals surface area contributed by atoms with Gasteiger partial charge in [-0.3, -0.25) is 4.90 Å². The van der Waals surface area contributed by atoms with Crippen molar-refractivity contribution in [3.63, 3.8) is 0 Å². The number of hydrogen-bond acceptors (Lipinski definition) is 2. The Morgan fingerprint density at radius 1 is 1.30 bits per heavy atom. The molecule has 0 radical (unpaired) electrons. The summed E-state index contributed by atoms with van der Waals surface area (Å²) in [4.78, 5) is 27.3. The van der Waals surface area contributed by atoms with Crippen LogP contribution in [-0.4, -0.2) is 48.8 Å². The van der Waals surface area contributed by atoms with Crippen molar-refractivity contribution in [2.24, 2.45) is 0 Å². The van der Waals surface area contributed by atoms with Crippen LogP contribution in [0.25, 0.3) is 0 Å². The molecule has 0 spiro atoms. The van der Waals surface area contributed by atoms with Gasteiger partial charge in [-0.25, -0.2) is 9.59 Å². The number of carbonyl (C=O) groups is 2. The number of hydrogen-bond donors (Lipinski definition) is 2. The van der Waals surface area contributed by atoms with Crippen molar-refractivity contribution in [1.29, 1.82) is 0 Å². The molecule has 1 aliphatic heterocycles. The van der Waals surface area contributed by atoms with Crippen LogP contribution in [0.4, 0.5) is 34.1 Å². The van der Waals surface area contributed by atoms with Crippen LogP contribution in [0, 0.1) is 0 Å². The zero-order valence-electron chi connectivity index (χ0n) is 14.9. The largest absolute Gasteiger partial charge is 0.390 e. The molecular formula is C18H23F3N4O2. The molecule has 2 fully saturated rings. The van der Waals surface area contributed by atoms with E-state index < -0.39 is 18.6 Å². The standard InChI is InChI=1S/C18H23F3N4O2/c19-18(20,21)8-10-24(14-5-1-2-6-14)17(27)23-13-4-3-7-15(12-13)25-11-9-22-16(25)26/h3-4,7,12,14H,1-2,5-6,8-11H2,(H,22,26)(H,23,27). The highest BCUT2D eigenvalue weighted by Crippen LogP contribution is 2.28. The molecule has 9 heteroatoms. The molecule has 4 amide bonds. The minimum absolute atomic E-state index is 0.167. The predicted molar refractivity (Wildman–Crippen MR) is 95.8 cm³/mol. The van der Waals surface area contributed by atoms with Gasteiger partial charge in [0.05, 0.1) is 6.42 Å². The molecule has 1 saturated heterocycles. The molecule has 6 nitrogen and oxygen atoms in total. The van der Waals surface area contributed by atoms with Crippen molar-refractivity contribution in [2.75, 3.05) is 29.9 Å². The lowest BCUT2D eigenvalue weighted by Crippen LogP contribution is -2.43. The van der Waals surface area contributed by atoms with Gasteiger partial charge < -0.3 is 15.5 Å². The summed E-state index contributed by atoms with van der Waals surface area (Å²) in [7, 11) is 0. The van der Waals surface area contributed by atoms with E-state index >= 15 is 0 Å². The third-order valence-corrected chi connectivity index (χ3v) is 4.93. The highest BCUT2D eigenvalue weighted by Gasteiger charge is 2.33. The van der Waals surface area contributed by atoms with Crippen LogP contribution in [-0.2, 0) is 0 Å². The highest BCUT2D eigenvalue weighted by molar-refractivity contribution is 5.95. The molecule has 2 aliphatic rings. The van der Waals surface area contributed by atoms with Gasteiger partial charge in [0.2, 0.25) is 0 Å². The number of benzene rings is 1. The molecule has 1 aliphatic carbocycles. The first-order valence-corrected chi connectivity index (χ1v) is 9.13. The lowest BCUT2D eigenvalue weighted by atomic mass is 10.2. The summed E-state index contributed by atoms with van der Waals surface area (Å²) in [6.45, 7) is 0.715. The fraction of sp³-hybridized carbons (Fsp3) is 0.556. The minimum atomic E-state index is -4.31. The topological polar surface area (TPSA) is 64.7 Å². The quantitative estimate of drug-likeness (QED) is 0.808. The van der Waals surface area contributed by atoms with Crippen LogP contribution in [0.2, 0.25) is 0 Å². The molecular weight excluding hydrogens is 361 g/mol. The lowest BCUT2D eigenvalue weighted by molar-refractivity contribution is -0.137. The Labute approximate surface area is 155 Å². The third-order valence-electron chi connectivity index (χ3n) is 4.93. The van der Waals surface area contributed by atoms with Gasteiger partial charge in [0.25, 0.3) is 0 Å². The van der Waals surface area contributed by atoms with Crippen LogP contribution >= 0.6 is 0 Å². The van der Waals surface area contributed by atoms with E-state index in [1.807, 2.05) is 0 Å². The SMILES string of the molecule is O=C1NCCN1c1cccc(NC(=O)N(CCC(F)(F)F)C2CCCC2)c1. The van der Waals surface area contributed by atoms with Crippen LogP contribution in [0.1, 0.15) is 32.1 Å². The van der Waals surface area contributed by atoms with E-state index in [1.165, 1.54) is 4.90 Å². The summed E-state index contributed by atoms with van der Waals surface area (Å²) in [5.41, 5.74) is 1.08. The average Bonchev–Trinajstić information content (AvgIpc) is 3.26. The Morgan fingerprint density at radius 2 is 2.04 bits per heavy atom. The number of nitrogens with one attached hydrogen (secondary N) is 2. The highest BCUT2D eigenvalue weighted by atomic mass is 19.4. The maximum Gasteiger partial charge on any atom is 0.390 e.